The molecule has 2 aromatic rings. The Morgan fingerprint density at radius 1 is 1.03 bits per heavy atom. The third-order valence-electron chi connectivity index (χ3n) is 5.68. The molecule has 0 aliphatic heterocycles. The van der Waals surface area contributed by atoms with Gasteiger partial charge in [-0.2, -0.15) is 13.2 Å². The number of unbranched alkanes of at least 4 members (excludes halogenated alkanes) is 2. The zero-order chi connectivity index (χ0) is 27.3. The molecule has 10 heteroatoms. The molecule has 37 heavy (non-hydrogen) atoms. The van der Waals surface area contributed by atoms with Crippen LogP contribution in [0, 0.1) is 6.92 Å². The first kappa shape index (κ1) is 30.0. The van der Waals surface area contributed by atoms with Crippen LogP contribution in [0.15, 0.2) is 48.5 Å². The first-order chi connectivity index (χ1) is 17.6. The molecule has 7 nitrogen and oxygen atoms in total. The molecule has 1 unspecified atom stereocenters. The van der Waals surface area contributed by atoms with Crippen LogP contribution in [-0.4, -0.2) is 60.6 Å². The van der Waals surface area contributed by atoms with Crippen molar-refractivity contribution < 1.29 is 37.3 Å². The molecule has 0 heterocycles. The van der Waals surface area contributed by atoms with E-state index in [1.807, 2.05) is 25.1 Å². The number of aryl methyl sites for hydroxylation is 1. The van der Waals surface area contributed by atoms with Gasteiger partial charge in [0.2, 0.25) is 0 Å². The summed E-state index contributed by atoms with van der Waals surface area (Å²) >= 11 is 0. The SMILES string of the molecule is CCOC(Cc1ccc(OCCN(CCCCCC(F)(F)F)C(=O)Nc2ccccc2C)cc1)C(=O)O. The zero-order valence-electron chi connectivity index (χ0n) is 21.2. The van der Waals surface area contributed by atoms with Gasteiger partial charge in [-0.05, 0) is 56.0 Å². The third-order valence-corrected chi connectivity index (χ3v) is 5.68. The van der Waals surface area contributed by atoms with E-state index in [1.54, 1.807) is 37.3 Å². The zero-order valence-corrected chi connectivity index (χ0v) is 21.2. The molecular weight excluding hydrogens is 489 g/mol. The normalized spacial score (nSPS) is 12.1. The van der Waals surface area contributed by atoms with E-state index >= 15 is 0 Å². The second-order valence-electron chi connectivity index (χ2n) is 8.64. The van der Waals surface area contributed by atoms with Gasteiger partial charge in [0.25, 0.3) is 0 Å². The minimum atomic E-state index is -4.18. The number of hydrogen-bond acceptors (Lipinski definition) is 4. The Labute approximate surface area is 215 Å². The largest absolute Gasteiger partial charge is 0.492 e. The number of para-hydroxylation sites is 1. The molecule has 0 bridgehead atoms. The second-order valence-corrected chi connectivity index (χ2v) is 8.64. The maximum absolute atomic E-state index is 12.9. The van der Waals surface area contributed by atoms with Gasteiger partial charge in [0, 0.05) is 31.7 Å². The summed E-state index contributed by atoms with van der Waals surface area (Å²) in [5, 5.41) is 12.1. The number of amides is 2. The number of carbonyl (C=O) groups is 2. The molecule has 0 fully saturated rings. The molecule has 2 N–H and O–H groups in total. The average molecular weight is 525 g/mol. The van der Waals surface area contributed by atoms with Gasteiger partial charge in [-0.25, -0.2) is 9.59 Å². The topological polar surface area (TPSA) is 88.1 Å². The molecule has 0 saturated heterocycles. The molecular formula is C27H35F3N2O5. The summed E-state index contributed by atoms with van der Waals surface area (Å²) in [5.41, 5.74) is 2.34. The second kappa shape index (κ2) is 15.1. The third kappa shape index (κ3) is 11.6. The summed E-state index contributed by atoms with van der Waals surface area (Å²) in [5.74, 6) is -0.471. The Morgan fingerprint density at radius 3 is 2.35 bits per heavy atom. The van der Waals surface area contributed by atoms with Crippen molar-refractivity contribution in [2.75, 3.05) is 31.6 Å². The van der Waals surface area contributed by atoms with Crippen LogP contribution in [0.1, 0.15) is 43.7 Å². The van der Waals surface area contributed by atoms with Crippen LogP contribution in [0.2, 0.25) is 0 Å². The van der Waals surface area contributed by atoms with Gasteiger partial charge in [-0.3, -0.25) is 0 Å². The summed E-state index contributed by atoms with van der Waals surface area (Å²) in [6.07, 6.45) is -4.89. The molecule has 1 atom stereocenters. The van der Waals surface area contributed by atoms with Gasteiger partial charge in [0.1, 0.15) is 12.4 Å². The highest BCUT2D eigenvalue weighted by Crippen LogP contribution is 2.23. The van der Waals surface area contributed by atoms with Crippen LogP contribution in [0.5, 0.6) is 5.75 Å². The highest BCUT2D eigenvalue weighted by atomic mass is 19.4. The van der Waals surface area contributed by atoms with Crippen molar-refractivity contribution in [3.63, 3.8) is 0 Å². The fourth-order valence-electron chi connectivity index (χ4n) is 3.66. The smallest absolute Gasteiger partial charge is 0.389 e. The van der Waals surface area contributed by atoms with E-state index in [0.29, 0.717) is 37.4 Å². The van der Waals surface area contributed by atoms with E-state index < -0.39 is 24.7 Å². The minimum absolute atomic E-state index is 0.0195. The van der Waals surface area contributed by atoms with Gasteiger partial charge in [-0.15, -0.1) is 0 Å². The highest BCUT2D eigenvalue weighted by Gasteiger charge is 2.26. The van der Waals surface area contributed by atoms with Crippen molar-refractivity contribution in [3.8, 4) is 5.75 Å². The van der Waals surface area contributed by atoms with E-state index in [-0.39, 0.29) is 32.0 Å². The molecule has 0 spiro atoms. The monoisotopic (exact) mass is 524 g/mol. The summed E-state index contributed by atoms with van der Waals surface area (Å²) in [7, 11) is 0. The summed E-state index contributed by atoms with van der Waals surface area (Å²) in [6, 6.07) is 13.9. The number of carbonyl (C=O) groups excluding carboxylic acids is 1. The fourth-order valence-corrected chi connectivity index (χ4v) is 3.66. The molecule has 2 amide bonds. The van der Waals surface area contributed by atoms with Crippen molar-refractivity contribution in [1.82, 2.24) is 4.90 Å². The van der Waals surface area contributed by atoms with E-state index in [1.165, 1.54) is 4.90 Å². The number of ether oxygens (including phenoxy) is 2. The molecule has 0 aliphatic carbocycles. The number of nitrogens with zero attached hydrogens (tertiary/aromatic N) is 1. The fraction of sp³-hybridized carbons (Fsp3) is 0.481. The van der Waals surface area contributed by atoms with Gasteiger partial charge in [0.05, 0.1) is 6.54 Å². The predicted octanol–water partition coefficient (Wildman–Crippen LogP) is 6.06. The van der Waals surface area contributed by atoms with Crippen LogP contribution in [0.25, 0.3) is 0 Å². The molecule has 0 aromatic heterocycles. The number of urea groups is 1. The van der Waals surface area contributed by atoms with Crippen LogP contribution >= 0.6 is 0 Å². The number of carboxylic acid groups (broad SMARTS) is 1. The van der Waals surface area contributed by atoms with Gasteiger partial charge >= 0.3 is 18.2 Å². The van der Waals surface area contributed by atoms with Crippen LogP contribution in [-0.2, 0) is 16.0 Å². The highest BCUT2D eigenvalue weighted by molar-refractivity contribution is 5.90. The lowest BCUT2D eigenvalue weighted by Crippen LogP contribution is -2.38. The van der Waals surface area contributed by atoms with Crippen molar-refractivity contribution in [2.45, 2.75) is 58.2 Å². The first-order valence-corrected chi connectivity index (χ1v) is 12.3. The van der Waals surface area contributed by atoms with Crippen molar-refractivity contribution in [1.29, 1.82) is 0 Å². The van der Waals surface area contributed by atoms with E-state index in [9.17, 15) is 27.9 Å². The van der Waals surface area contributed by atoms with Gasteiger partial charge < -0.3 is 24.8 Å². The Kier molecular flexibility index (Phi) is 12.2. The van der Waals surface area contributed by atoms with Crippen LogP contribution in [0.4, 0.5) is 23.7 Å². The van der Waals surface area contributed by atoms with Crippen LogP contribution < -0.4 is 10.1 Å². The lowest BCUT2D eigenvalue weighted by Gasteiger charge is -2.24. The minimum Gasteiger partial charge on any atom is -0.492 e. The Hall–Kier alpha value is -3.27. The molecule has 0 aliphatic rings. The predicted molar refractivity (Wildman–Crippen MR) is 135 cm³/mol. The standard InChI is InChI=1S/C27H35F3N2O5/c1-3-36-24(25(33)34)19-21-11-13-22(14-12-21)37-18-17-32(16-8-4-7-15-27(28,29)30)26(35)31-23-10-6-5-9-20(23)2/h5-6,9-14,24H,3-4,7-8,15-19H2,1-2H3,(H,31,35)(H,33,34). The lowest BCUT2D eigenvalue weighted by atomic mass is 10.1. The number of anilines is 1. The number of carboxylic acids is 1. The van der Waals surface area contributed by atoms with Crippen molar-refractivity contribution in [2.24, 2.45) is 0 Å². The summed E-state index contributed by atoms with van der Waals surface area (Å²) in [6.45, 7) is 4.63. The average Bonchev–Trinajstić information content (AvgIpc) is 2.84. The number of halogens is 3. The van der Waals surface area contributed by atoms with Gasteiger partial charge in [-0.1, -0.05) is 36.8 Å². The lowest BCUT2D eigenvalue weighted by molar-refractivity contribution is -0.150. The van der Waals surface area contributed by atoms with E-state index in [2.05, 4.69) is 5.32 Å². The Balaban J connectivity index is 1.92. The first-order valence-electron chi connectivity index (χ1n) is 12.3. The summed E-state index contributed by atoms with van der Waals surface area (Å²) in [4.78, 5) is 25.7. The molecule has 0 saturated carbocycles. The van der Waals surface area contributed by atoms with Gasteiger partial charge in [0.15, 0.2) is 6.10 Å². The Morgan fingerprint density at radius 2 is 1.73 bits per heavy atom. The summed E-state index contributed by atoms with van der Waals surface area (Å²) < 4.78 is 48.2. The molecule has 204 valence electrons. The number of nitrogens with one attached hydrogen (secondary N) is 1. The van der Waals surface area contributed by atoms with Crippen molar-refractivity contribution >= 4 is 17.7 Å². The Bertz CT molecular complexity index is 983. The number of hydrogen-bond donors (Lipinski definition) is 2. The number of benzene rings is 2. The number of aliphatic carboxylic acids is 1. The van der Waals surface area contributed by atoms with E-state index in [4.69, 9.17) is 9.47 Å². The van der Waals surface area contributed by atoms with E-state index in [0.717, 1.165) is 11.1 Å². The molecule has 2 rings (SSSR count). The maximum Gasteiger partial charge on any atom is 0.389 e. The van der Waals surface area contributed by atoms with Crippen LogP contribution in [0.3, 0.4) is 0 Å². The molecule has 2 aromatic carbocycles. The molecule has 0 radical (unpaired) electrons. The number of alkyl halides is 3. The maximum atomic E-state index is 12.9. The quantitative estimate of drug-likeness (QED) is 0.277. The number of rotatable bonds is 15. The van der Waals surface area contributed by atoms with Crippen molar-refractivity contribution in [3.05, 3.63) is 59.7 Å².